The topological polar surface area (TPSA) is 73.0 Å². The molecule has 8 heteroatoms. The molecule has 2 aromatic carbocycles. The van der Waals surface area contributed by atoms with Crippen LogP contribution in [0.25, 0.3) is 17.1 Å². The van der Waals surface area contributed by atoms with E-state index in [-0.39, 0.29) is 17.5 Å². The summed E-state index contributed by atoms with van der Waals surface area (Å²) in [5.41, 5.74) is 1.13. The van der Waals surface area contributed by atoms with Gasteiger partial charge in [0.1, 0.15) is 11.6 Å². The van der Waals surface area contributed by atoms with Crippen LogP contribution in [-0.4, -0.2) is 26.4 Å². The van der Waals surface area contributed by atoms with E-state index in [0.29, 0.717) is 28.8 Å². The van der Waals surface area contributed by atoms with Crippen molar-refractivity contribution in [3.8, 4) is 17.1 Å². The summed E-state index contributed by atoms with van der Waals surface area (Å²) < 4.78 is 21.3. The van der Waals surface area contributed by atoms with Gasteiger partial charge in [0.25, 0.3) is 0 Å². The fourth-order valence-corrected chi connectivity index (χ4v) is 3.55. The van der Waals surface area contributed by atoms with Crippen LogP contribution in [0, 0.1) is 5.82 Å². The first-order valence-electron chi connectivity index (χ1n) is 8.90. The van der Waals surface area contributed by atoms with Crippen LogP contribution in [0.2, 0.25) is 0 Å². The molecule has 2 aromatic heterocycles. The maximum Gasteiger partial charge on any atom is 0.230 e. The first-order chi connectivity index (χ1) is 14.2. The van der Waals surface area contributed by atoms with Crippen LogP contribution < -0.4 is 5.32 Å². The van der Waals surface area contributed by atoms with Gasteiger partial charge < -0.3 is 9.73 Å². The summed E-state index contributed by atoms with van der Waals surface area (Å²) in [6, 6.07) is 19.4. The second kappa shape index (κ2) is 8.74. The van der Waals surface area contributed by atoms with Gasteiger partial charge in [-0.3, -0.25) is 9.36 Å². The second-order valence-corrected chi connectivity index (χ2v) is 7.04. The number of carbonyl (C=O) groups is 1. The van der Waals surface area contributed by atoms with Gasteiger partial charge in [-0.25, -0.2) is 4.39 Å². The number of aromatic nitrogens is 3. The molecule has 0 saturated carbocycles. The number of thioether (sulfide) groups is 1. The predicted octanol–water partition coefficient (Wildman–Crippen LogP) is 4.07. The number of benzene rings is 2. The Kier molecular flexibility index (Phi) is 5.71. The molecule has 0 aliphatic rings. The van der Waals surface area contributed by atoms with E-state index < -0.39 is 0 Å². The average molecular weight is 408 g/mol. The molecule has 4 aromatic rings. The molecule has 146 valence electrons. The SMILES string of the molecule is O=C(CSc1nnc(-c2ccccc2F)n1-c1ccccc1)NCc1ccco1. The van der Waals surface area contributed by atoms with E-state index in [2.05, 4.69) is 15.5 Å². The molecule has 29 heavy (non-hydrogen) atoms. The van der Waals surface area contributed by atoms with E-state index >= 15 is 0 Å². The van der Waals surface area contributed by atoms with Gasteiger partial charge in [0.05, 0.1) is 24.1 Å². The van der Waals surface area contributed by atoms with Gasteiger partial charge in [-0.1, -0.05) is 42.1 Å². The minimum absolute atomic E-state index is 0.142. The zero-order valence-electron chi connectivity index (χ0n) is 15.3. The fraction of sp³-hybridized carbons (Fsp3) is 0.0952. The van der Waals surface area contributed by atoms with Crippen molar-refractivity contribution in [1.82, 2.24) is 20.1 Å². The Labute approximate surface area is 170 Å². The number of amides is 1. The number of hydrogen-bond donors (Lipinski definition) is 1. The summed E-state index contributed by atoms with van der Waals surface area (Å²) in [5.74, 6) is 0.653. The summed E-state index contributed by atoms with van der Waals surface area (Å²) in [6.07, 6.45) is 1.56. The minimum Gasteiger partial charge on any atom is -0.467 e. The molecule has 0 fully saturated rings. The first kappa shape index (κ1) is 18.9. The number of nitrogens with zero attached hydrogens (tertiary/aromatic N) is 3. The number of carbonyl (C=O) groups excluding carboxylic acids is 1. The van der Waals surface area contributed by atoms with Crippen molar-refractivity contribution >= 4 is 17.7 Å². The van der Waals surface area contributed by atoms with Crippen LogP contribution >= 0.6 is 11.8 Å². The largest absolute Gasteiger partial charge is 0.467 e. The number of halogens is 1. The molecule has 0 saturated heterocycles. The van der Waals surface area contributed by atoms with Crippen LogP contribution in [0.4, 0.5) is 4.39 Å². The summed E-state index contributed by atoms with van der Waals surface area (Å²) in [5, 5.41) is 11.7. The summed E-state index contributed by atoms with van der Waals surface area (Å²) in [6.45, 7) is 0.318. The van der Waals surface area contributed by atoms with Gasteiger partial charge in [0, 0.05) is 5.69 Å². The standard InChI is InChI=1S/C21H17FN4O2S/c22-18-11-5-4-10-17(18)20-24-25-21(26(20)15-7-2-1-3-8-15)29-14-19(27)23-13-16-9-6-12-28-16/h1-12H,13-14H2,(H,23,27). The molecule has 6 nitrogen and oxygen atoms in total. The lowest BCUT2D eigenvalue weighted by Gasteiger charge is -2.10. The van der Waals surface area contributed by atoms with Crippen LogP contribution in [0.3, 0.4) is 0 Å². The van der Waals surface area contributed by atoms with E-state index in [0.717, 1.165) is 5.69 Å². The number of para-hydroxylation sites is 1. The highest BCUT2D eigenvalue weighted by atomic mass is 32.2. The van der Waals surface area contributed by atoms with Gasteiger partial charge in [0.2, 0.25) is 5.91 Å². The Balaban J connectivity index is 1.57. The number of furan rings is 1. The highest BCUT2D eigenvalue weighted by Crippen LogP contribution is 2.29. The van der Waals surface area contributed by atoms with Crippen molar-refractivity contribution in [2.45, 2.75) is 11.7 Å². The van der Waals surface area contributed by atoms with Crippen LogP contribution in [0.1, 0.15) is 5.76 Å². The van der Waals surface area contributed by atoms with Crippen molar-refractivity contribution in [1.29, 1.82) is 0 Å². The predicted molar refractivity (Wildman–Crippen MR) is 108 cm³/mol. The Morgan fingerprint density at radius 1 is 1.03 bits per heavy atom. The van der Waals surface area contributed by atoms with Crippen molar-refractivity contribution in [2.75, 3.05) is 5.75 Å². The normalized spacial score (nSPS) is 10.8. The van der Waals surface area contributed by atoms with Crippen molar-refractivity contribution in [3.63, 3.8) is 0 Å². The second-order valence-electron chi connectivity index (χ2n) is 6.10. The van der Waals surface area contributed by atoms with Gasteiger partial charge in [-0.15, -0.1) is 10.2 Å². The molecule has 0 aliphatic heterocycles. The van der Waals surface area contributed by atoms with Crippen LogP contribution in [-0.2, 0) is 11.3 Å². The Hall–Kier alpha value is -3.39. The monoisotopic (exact) mass is 408 g/mol. The lowest BCUT2D eigenvalue weighted by atomic mass is 10.2. The van der Waals surface area contributed by atoms with Crippen molar-refractivity contribution in [2.24, 2.45) is 0 Å². The minimum atomic E-state index is -0.384. The highest BCUT2D eigenvalue weighted by Gasteiger charge is 2.19. The third-order valence-corrected chi connectivity index (χ3v) is 5.06. The molecule has 1 amide bonds. The first-order valence-corrected chi connectivity index (χ1v) is 9.88. The van der Waals surface area contributed by atoms with E-state index in [1.807, 2.05) is 30.3 Å². The van der Waals surface area contributed by atoms with Crippen molar-refractivity contribution in [3.05, 3.63) is 84.6 Å². The molecule has 4 rings (SSSR count). The molecule has 1 N–H and O–H groups in total. The maximum atomic E-state index is 14.4. The Bertz CT molecular complexity index is 1100. The number of nitrogens with one attached hydrogen (secondary N) is 1. The average Bonchev–Trinajstić information content (AvgIpc) is 3.41. The third-order valence-electron chi connectivity index (χ3n) is 4.13. The third kappa shape index (κ3) is 4.38. The summed E-state index contributed by atoms with van der Waals surface area (Å²) in [7, 11) is 0. The molecule has 0 radical (unpaired) electrons. The Morgan fingerprint density at radius 2 is 1.83 bits per heavy atom. The van der Waals surface area contributed by atoms with Gasteiger partial charge >= 0.3 is 0 Å². The van der Waals surface area contributed by atoms with E-state index in [4.69, 9.17) is 4.42 Å². The van der Waals surface area contributed by atoms with E-state index in [9.17, 15) is 9.18 Å². The van der Waals surface area contributed by atoms with Crippen molar-refractivity contribution < 1.29 is 13.6 Å². The fourth-order valence-electron chi connectivity index (χ4n) is 2.77. The van der Waals surface area contributed by atoms with Crippen LogP contribution in [0.5, 0.6) is 0 Å². The molecular formula is C21H17FN4O2S. The summed E-state index contributed by atoms with van der Waals surface area (Å²) >= 11 is 1.23. The van der Waals surface area contributed by atoms with E-state index in [1.54, 1.807) is 41.2 Å². The highest BCUT2D eigenvalue weighted by molar-refractivity contribution is 7.99. The molecule has 0 spiro atoms. The number of hydrogen-bond acceptors (Lipinski definition) is 5. The van der Waals surface area contributed by atoms with Gasteiger partial charge in [0.15, 0.2) is 11.0 Å². The zero-order chi connectivity index (χ0) is 20.1. The molecule has 2 heterocycles. The lowest BCUT2D eigenvalue weighted by Crippen LogP contribution is -2.24. The maximum absolute atomic E-state index is 14.4. The number of rotatable bonds is 7. The smallest absolute Gasteiger partial charge is 0.230 e. The molecule has 0 bridgehead atoms. The Morgan fingerprint density at radius 3 is 2.59 bits per heavy atom. The zero-order valence-corrected chi connectivity index (χ0v) is 16.1. The lowest BCUT2D eigenvalue weighted by molar-refractivity contribution is -0.118. The molecular weight excluding hydrogens is 391 g/mol. The molecule has 0 atom stereocenters. The molecule has 0 unspecified atom stereocenters. The quantitative estimate of drug-likeness (QED) is 0.467. The van der Waals surface area contributed by atoms with Gasteiger partial charge in [-0.05, 0) is 36.4 Å². The van der Waals surface area contributed by atoms with Crippen LogP contribution in [0.15, 0.2) is 82.6 Å². The van der Waals surface area contributed by atoms with Gasteiger partial charge in [-0.2, -0.15) is 0 Å². The van der Waals surface area contributed by atoms with E-state index in [1.165, 1.54) is 17.8 Å². The summed E-state index contributed by atoms with van der Waals surface area (Å²) in [4.78, 5) is 12.2. The molecule has 0 aliphatic carbocycles.